The van der Waals surface area contributed by atoms with Crippen LogP contribution in [0.15, 0.2) is 0 Å². The molecule has 0 aliphatic carbocycles. The number of esters is 1. The summed E-state index contributed by atoms with van der Waals surface area (Å²) in [5, 5.41) is 0. The van der Waals surface area contributed by atoms with E-state index < -0.39 is 0 Å². The zero-order valence-corrected chi connectivity index (χ0v) is 38.0. The quantitative estimate of drug-likeness (QED) is 0.0456. The molecule has 0 N–H and O–H groups in total. The number of rotatable bonds is 49. The highest BCUT2D eigenvalue weighted by Gasteiger charge is 2.03. The van der Waals surface area contributed by atoms with Gasteiger partial charge in [0, 0.05) is 6.42 Å². The van der Waals surface area contributed by atoms with Crippen LogP contribution in [-0.2, 0) is 9.53 Å². The second kappa shape index (κ2) is 50.5. The Bertz CT molecular complexity index is 659. The van der Waals surface area contributed by atoms with E-state index in [0.717, 1.165) is 12.8 Å². The molecule has 0 rings (SSSR count). The Morgan fingerprint density at radius 2 is 0.407 bits per heavy atom. The van der Waals surface area contributed by atoms with E-state index in [2.05, 4.69) is 13.8 Å². The lowest BCUT2D eigenvalue weighted by atomic mass is 10.0. The summed E-state index contributed by atoms with van der Waals surface area (Å²) in [4.78, 5) is 12.1. The Labute approximate surface area is 343 Å². The van der Waals surface area contributed by atoms with E-state index in [4.69, 9.17) is 4.74 Å². The molecule has 0 aromatic heterocycles. The van der Waals surface area contributed by atoms with E-state index in [1.165, 1.54) is 289 Å². The summed E-state index contributed by atoms with van der Waals surface area (Å²) in [7, 11) is 0. The second-order valence-electron chi connectivity index (χ2n) is 17.9. The number of hydrogen-bond donors (Lipinski definition) is 0. The number of unbranched alkanes of at least 4 members (excludes halogenated alkanes) is 45. The minimum absolute atomic E-state index is 0.0343. The first kappa shape index (κ1) is 53.5. The van der Waals surface area contributed by atoms with Crippen LogP contribution >= 0.6 is 0 Å². The van der Waals surface area contributed by atoms with Crippen LogP contribution in [0.2, 0.25) is 0 Å². The van der Waals surface area contributed by atoms with Gasteiger partial charge in [-0.05, 0) is 12.8 Å². The molecule has 0 saturated carbocycles. The highest BCUT2D eigenvalue weighted by molar-refractivity contribution is 5.69. The number of hydrogen-bond acceptors (Lipinski definition) is 2. The third-order valence-electron chi connectivity index (χ3n) is 12.2. The average molecular weight is 761 g/mol. The molecule has 0 saturated heterocycles. The van der Waals surface area contributed by atoms with Gasteiger partial charge >= 0.3 is 5.97 Å². The summed E-state index contributed by atoms with van der Waals surface area (Å²) in [5.74, 6) is 0.0343. The molecule has 54 heavy (non-hydrogen) atoms. The molecule has 0 aromatic rings. The number of carbonyl (C=O) groups excluding carboxylic acids is 1. The van der Waals surface area contributed by atoms with E-state index in [1.54, 1.807) is 0 Å². The number of ether oxygens (including phenoxy) is 1. The number of carbonyl (C=O) groups is 1. The molecule has 0 unspecified atom stereocenters. The molecular formula is C52H104O2. The van der Waals surface area contributed by atoms with E-state index in [-0.39, 0.29) is 5.97 Å². The first-order valence-corrected chi connectivity index (χ1v) is 26.0. The predicted molar refractivity (Wildman–Crippen MR) is 244 cm³/mol. The van der Waals surface area contributed by atoms with Gasteiger partial charge in [0.2, 0.25) is 0 Å². The van der Waals surface area contributed by atoms with Crippen molar-refractivity contribution in [2.24, 2.45) is 0 Å². The largest absolute Gasteiger partial charge is 0.466 e. The zero-order valence-electron chi connectivity index (χ0n) is 38.0. The minimum Gasteiger partial charge on any atom is -0.466 e. The summed E-state index contributed by atoms with van der Waals surface area (Å²) in [5.41, 5.74) is 0. The van der Waals surface area contributed by atoms with Crippen molar-refractivity contribution in [3.05, 3.63) is 0 Å². The van der Waals surface area contributed by atoms with Crippen LogP contribution in [-0.4, -0.2) is 12.6 Å². The molecule has 2 heteroatoms. The Kier molecular flexibility index (Phi) is 50.0. The Balaban J connectivity index is 3.13. The minimum atomic E-state index is 0.0343. The van der Waals surface area contributed by atoms with Crippen molar-refractivity contribution in [1.82, 2.24) is 0 Å². The van der Waals surface area contributed by atoms with Crippen LogP contribution in [0, 0.1) is 0 Å². The molecule has 0 fully saturated rings. The van der Waals surface area contributed by atoms with Gasteiger partial charge in [-0.3, -0.25) is 4.79 Å². The van der Waals surface area contributed by atoms with Gasteiger partial charge < -0.3 is 4.74 Å². The Morgan fingerprint density at radius 1 is 0.241 bits per heavy atom. The van der Waals surface area contributed by atoms with Crippen LogP contribution < -0.4 is 0 Å². The molecule has 0 radical (unpaired) electrons. The Hall–Kier alpha value is -0.530. The molecule has 0 heterocycles. The molecular weight excluding hydrogens is 657 g/mol. The van der Waals surface area contributed by atoms with Crippen LogP contribution in [0.1, 0.15) is 322 Å². The lowest BCUT2D eigenvalue weighted by Gasteiger charge is -2.06. The lowest BCUT2D eigenvalue weighted by molar-refractivity contribution is -0.143. The maximum atomic E-state index is 12.1. The fourth-order valence-corrected chi connectivity index (χ4v) is 8.38. The van der Waals surface area contributed by atoms with E-state index in [9.17, 15) is 4.79 Å². The van der Waals surface area contributed by atoms with E-state index in [1.807, 2.05) is 0 Å². The normalized spacial score (nSPS) is 11.5. The third kappa shape index (κ3) is 49.5. The maximum Gasteiger partial charge on any atom is 0.305 e. The summed E-state index contributed by atoms with van der Waals surface area (Å²) < 4.78 is 5.49. The second-order valence-corrected chi connectivity index (χ2v) is 17.9. The molecule has 0 aromatic carbocycles. The van der Waals surface area contributed by atoms with Gasteiger partial charge in [0.05, 0.1) is 6.61 Å². The SMILES string of the molecule is CCCCCCCCCCCCCCCCCCCCCCCCCCCCCCCC(=O)OCCCCCCCCCCCCCCCCCCCC. The van der Waals surface area contributed by atoms with Gasteiger partial charge in [-0.15, -0.1) is 0 Å². The van der Waals surface area contributed by atoms with Crippen molar-refractivity contribution in [3.63, 3.8) is 0 Å². The van der Waals surface area contributed by atoms with Gasteiger partial charge in [0.15, 0.2) is 0 Å². The topological polar surface area (TPSA) is 26.3 Å². The molecule has 0 aliphatic heterocycles. The summed E-state index contributed by atoms with van der Waals surface area (Å²) in [6.45, 7) is 5.24. The fourth-order valence-electron chi connectivity index (χ4n) is 8.38. The molecule has 0 bridgehead atoms. The maximum absolute atomic E-state index is 12.1. The molecule has 0 amide bonds. The molecule has 324 valence electrons. The smallest absolute Gasteiger partial charge is 0.305 e. The zero-order chi connectivity index (χ0) is 38.9. The lowest BCUT2D eigenvalue weighted by Crippen LogP contribution is -2.05. The van der Waals surface area contributed by atoms with Crippen molar-refractivity contribution < 1.29 is 9.53 Å². The van der Waals surface area contributed by atoms with Crippen molar-refractivity contribution in [3.8, 4) is 0 Å². The van der Waals surface area contributed by atoms with Crippen LogP contribution in [0.3, 0.4) is 0 Å². The summed E-state index contributed by atoms with van der Waals surface area (Å²) in [6.07, 6.45) is 66.8. The summed E-state index contributed by atoms with van der Waals surface area (Å²) >= 11 is 0. The van der Waals surface area contributed by atoms with Crippen molar-refractivity contribution in [2.45, 2.75) is 322 Å². The molecule has 2 nitrogen and oxygen atoms in total. The highest BCUT2D eigenvalue weighted by atomic mass is 16.5. The van der Waals surface area contributed by atoms with Crippen molar-refractivity contribution in [2.75, 3.05) is 6.61 Å². The van der Waals surface area contributed by atoms with Crippen molar-refractivity contribution in [1.29, 1.82) is 0 Å². The van der Waals surface area contributed by atoms with E-state index in [0.29, 0.717) is 13.0 Å². The molecule has 0 aliphatic rings. The monoisotopic (exact) mass is 761 g/mol. The van der Waals surface area contributed by atoms with Gasteiger partial charge in [0.25, 0.3) is 0 Å². The predicted octanol–water partition coefficient (Wildman–Crippen LogP) is 19.3. The van der Waals surface area contributed by atoms with Crippen LogP contribution in [0.5, 0.6) is 0 Å². The molecule has 0 atom stereocenters. The van der Waals surface area contributed by atoms with Crippen LogP contribution in [0.25, 0.3) is 0 Å². The van der Waals surface area contributed by atoms with E-state index >= 15 is 0 Å². The first-order chi connectivity index (χ1) is 26.8. The summed E-state index contributed by atoms with van der Waals surface area (Å²) in [6, 6.07) is 0. The first-order valence-electron chi connectivity index (χ1n) is 26.0. The standard InChI is InChI=1S/C52H104O2/c1-3-5-7-9-11-13-15-17-19-21-23-24-25-26-27-28-29-30-31-32-33-34-36-38-40-42-44-46-48-50-52(53)54-51-49-47-45-43-41-39-37-35-22-20-18-16-14-12-10-8-6-4-2/h3-51H2,1-2H3. The third-order valence-corrected chi connectivity index (χ3v) is 12.2. The van der Waals surface area contributed by atoms with Crippen LogP contribution in [0.4, 0.5) is 0 Å². The highest BCUT2D eigenvalue weighted by Crippen LogP contribution is 2.18. The Morgan fingerprint density at radius 3 is 0.611 bits per heavy atom. The van der Waals surface area contributed by atoms with Gasteiger partial charge in [-0.1, -0.05) is 303 Å². The average Bonchev–Trinajstić information content (AvgIpc) is 3.18. The fraction of sp³-hybridized carbons (Fsp3) is 0.981. The van der Waals surface area contributed by atoms with Gasteiger partial charge in [0.1, 0.15) is 0 Å². The molecule has 0 spiro atoms. The van der Waals surface area contributed by atoms with Gasteiger partial charge in [-0.2, -0.15) is 0 Å². The van der Waals surface area contributed by atoms with Gasteiger partial charge in [-0.25, -0.2) is 0 Å². The van der Waals surface area contributed by atoms with Crippen molar-refractivity contribution >= 4 is 5.97 Å².